The lowest BCUT2D eigenvalue weighted by molar-refractivity contribution is -0.151. The van der Waals surface area contributed by atoms with E-state index in [0.29, 0.717) is 18.1 Å². The molecule has 188 valence electrons. The summed E-state index contributed by atoms with van der Waals surface area (Å²) in [6.07, 6.45) is -0.0210. The fraction of sp³-hybridized carbons (Fsp3) is 0.600. The number of hydrogen-bond donors (Lipinski definition) is 1. The van der Waals surface area contributed by atoms with Crippen LogP contribution < -0.4 is 5.32 Å². The molecule has 2 atom stereocenters. The number of benzene rings is 1. The number of ketones is 1. The van der Waals surface area contributed by atoms with Gasteiger partial charge < -0.3 is 14.8 Å². The van der Waals surface area contributed by atoms with Crippen LogP contribution in [-0.4, -0.2) is 64.4 Å². The van der Waals surface area contributed by atoms with Gasteiger partial charge in [-0.3, -0.25) is 19.3 Å². The Morgan fingerprint density at radius 1 is 1.18 bits per heavy atom. The van der Waals surface area contributed by atoms with Crippen molar-refractivity contribution in [1.29, 1.82) is 0 Å². The Labute approximate surface area is 206 Å². The molecule has 34 heavy (non-hydrogen) atoms. The highest BCUT2D eigenvalue weighted by Crippen LogP contribution is 2.19. The minimum Gasteiger partial charge on any atom is -0.459 e. The van der Waals surface area contributed by atoms with Crippen LogP contribution in [0, 0.1) is 5.92 Å². The maximum Gasteiger partial charge on any atom is 0.411 e. The Kier molecular flexibility index (Phi) is 10.4. The molecule has 1 aromatic rings. The molecule has 1 aliphatic rings. The highest BCUT2D eigenvalue weighted by Gasteiger charge is 2.40. The normalized spacial score (nSPS) is 16.9. The lowest BCUT2D eigenvalue weighted by Gasteiger charge is -2.26. The van der Waals surface area contributed by atoms with Crippen molar-refractivity contribution in [1.82, 2.24) is 10.2 Å². The van der Waals surface area contributed by atoms with Crippen LogP contribution in [-0.2, 0) is 30.5 Å². The molecule has 0 saturated carbocycles. The van der Waals surface area contributed by atoms with E-state index in [9.17, 15) is 19.2 Å². The fourth-order valence-corrected chi connectivity index (χ4v) is 4.46. The second-order valence-corrected chi connectivity index (χ2v) is 10.9. The summed E-state index contributed by atoms with van der Waals surface area (Å²) in [6.45, 7) is 9.46. The van der Waals surface area contributed by atoms with Gasteiger partial charge in [0.25, 0.3) is 0 Å². The summed E-state index contributed by atoms with van der Waals surface area (Å²) in [5.74, 6) is 0.136. The highest BCUT2D eigenvalue weighted by molar-refractivity contribution is 7.99. The zero-order valence-corrected chi connectivity index (χ0v) is 21.5. The summed E-state index contributed by atoms with van der Waals surface area (Å²) in [6, 6.07) is 8.10. The standard InChI is InChI=1S/C25H36N2O6S/c1-17(2)11-19(15-34-16-22(29)33-25(3,4)5)26-23(30)21-12-20(28)13-27(21)24(31)32-14-18-9-7-6-8-10-18/h6-10,17,19,21H,11-16H2,1-5H3,(H,26,30)/t19-,21+/m0/s1. The number of Topliss-reactive ketones (excluding diaryl/α,β-unsaturated/α-hetero) is 1. The molecule has 8 nitrogen and oxygen atoms in total. The molecule has 1 saturated heterocycles. The first kappa shape index (κ1) is 27.7. The van der Waals surface area contributed by atoms with Gasteiger partial charge in [0.05, 0.1) is 12.3 Å². The zero-order valence-electron chi connectivity index (χ0n) is 20.7. The van der Waals surface area contributed by atoms with Gasteiger partial charge in [-0.05, 0) is 38.7 Å². The monoisotopic (exact) mass is 492 g/mol. The van der Waals surface area contributed by atoms with Crippen molar-refractivity contribution in [3.05, 3.63) is 35.9 Å². The Hall–Kier alpha value is -2.55. The minimum absolute atomic E-state index is 0.0360. The van der Waals surface area contributed by atoms with Crippen LogP contribution in [0.15, 0.2) is 30.3 Å². The van der Waals surface area contributed by atoms with Crippen LogP contribution in [0.3, 0.4) is 0 Å². The number of ether oxygens (including phenoxy) is 2. The van der Waals surface area contributed by atoms with Crippen LogP contribution >= 0.6 is 11.8 Å². The van der Waals surface area contributed by atoms with Gasteiger partial charge in [0, 0.05) is 18.2 Å². The van der Waals surface area contributed by atoms with Gasteiger partial charge in [0.1, 0.15) is 18.2 Å². The number of nitrogens with one attached hydrogen (secondary N) is 1. The maximum absolute atomic E-state index is 13.0. The van der Waals surface area contributed by atoms with Crippen LogP contribution in [0.5, 0.6) is 0 Å². The molecular weight excluding hydrogens is 456 g/mol. The summed E-state index contributed by atoms with van der Waals surface area (Å²) in [5, 5.41) is 2.98. The van der Waals surface area contributed by atoms with E-state index in [4.69, 9.17) is 9.47 Å². The van der Waals surface area contributed by atoms with E-state index < -0.39 is 17.7 Å². The van der Waals surface area contributed by atoms with E-state index in [-0.39, 0.29) is 49.0 Å². The minimum atomic E-state index is -0.902. The van der Waals surface area contributed by atoms with Gasteiger partial charge >= 0.3 is 12.1 Å². The summed E-state index contributed by atoms with van der Waals surface area (Å²) < 4.78 is 10.7. The van der Waals surface area contributed by atoms with Crippen molar-refractivity contribution in [3.63, 3.8) is 0 Å². The number of esters is 1. The van der Waals surface area contributed by atoms with Gasteiger partial charge in [-0.15, -0.1) is 11.8 Å². The topological polar surface area (TPSA) is 102 Å². The fourth-order valence-electron chi connectivity index (χ4n) is 3.61. The van der Waals surface area contributed by atoms with Crippen molar-refractivity contribution in [2.45, 2.75) is 71.8 Å². The van der Waals surface area contributed by atoms with Crippen LogP contribution in [0.1, 0.15) is 53.0 Å². The molecule has 1 N–H and O–H groups in total. The van der Waals surface area contributed by atoms with E-state index in [1.807, 2.05) is 65.0 Å². The van der Waals surface area contributed by atoms with Crippen molar-refractivity contribution in [3.8, 4) is 0 Å². The average molecular weight is 493 g/mol. The number of hydrogen-bond acceptors (Lipinski definition) is 7. The number of amides is 2. The van der Waals surface area contributed by atoms with E-state index in [0.717, 1.165) is 5.56 Å². The second-order valence-electron chi connectivity index (χ2n) is 9.86. The third kappa shape index (κ3) is 9.75. The predicted octanol–water partition coefficient (Wildman–Crippen LogP) is 3.57. The Morgan fingerprint density at radius 2 is 1.85 bits per heavy atom. The van der Waals surface area contributed by atoms with Crippen molar-refractivity contribution in [2.75, 3.05) is 18.1 Å². The third-order valence-corrected chi connectivity index (χ3v) is 6.03. The van der Waals surface area contributed by atoms with Crippen molar-refractivity contribution < 1.29 is 28.7 Å². The first-order valence-electron chi connectivity index (χ1n) is 11.5. The molecule has 9 heteroatoms. The molecule has 0 aliphatic carbocycles. The predicted molar refractivity (Wildman–Crippen MR) is 131 cm³/mol. The number of likely N-dealkylation sites (tertiary alicyclic amines) is 1. The molecule has 0 spiro atoms. The van der Waals surface area contributed by atoms with E-state index >= 15 is 0 Å². The van der Waals surface area contributed by atoms with E-state index in [1.165, 1.54) is 16.7 Å². The lowest BCUT2D eigenvalue weighted by Crippen LogP contribution is -2.49. The van der Waals surface area contributed by atoms with E-state index in [1.54, 1.807) is 0 Å². The summed E-state index contributed by atoms with van der Waals surface area (Å²) in [4.78, 5) is 50.9. The molecular formula is C25H36N2O6S. The summed E-state index contributed by atoms with van der Waals surface area (Å²) >= 11 is 1.39. The maximum atomic E-state index is 13.0. The summed E-state index contributed by atoms with van der Waals surface area (Å²) in [5.41, 5.74) is 0.276. The number of carbonyl (C=O) groups is 4. The van der Waals surface area contributed by atoms with Crippen LogP contribution in [0.2, 0.25) is 0 Å². The first-order chi connectivity index (χ1) is 15.9. The molecule has 2 rings (SSSR count). The summed E-state index contributed by atoms with van der Waals surface area (Å²) in [7, 11) is 0. The number of thioether (sulfide) groups is 1. The number of rotatable bonds is 10. The van der Waals surface area contributed by atoms with Crippen molar-refractivity contribution >= 4 is 35.5 Å². The van der Waals surface area contributed by atoms with Gasteiger partial charge in [-0.25, -0.2) is 4.79 Å². The number of nitrogens with zero attached hydrogens (tertiary/aromatic N) is 1. The van der Waals surface area contributed by atoms with Gasteiger partial charge in [-0.2, -0.15) is 0 Å². The Morgan fingerprint density at radius 3 is 2.47 bits per heavy atom. The van der Waals surface area contributed by atoms with Gasteiger partial charge in [-0.1, -0.05) is 44.2 Å². The SMILES string of the molecule is CC(C)C[C@@H](CSCC(=O)OC(C)(C)C)NC(=O)[C@H]1CC(=O)CN1C(=O)OCc1ccccc1. The molecule has 1 heterocycles. The quantitative estimate of drug-likeness (QED) is 0.498. The third-order valence-electron chi connectivity index (χ3n) is 4.95. The molecule has 1 fully saturated rings. The lowest BCUT2D eigenvalue weighted by atomic mass is 10.0. The molecule has 0 bridgehead atoms. The van der Waals surface area contributed by atoms with Gasteiger partial charge in [0.2, 0.25) is 5.91 Å². The molecule has 1 aliphatic heterocycles. The average Bonchev–Trinajstić information content (AvgIpc) is 3.13. The Bertz CT molecular complexity index is 853. The zero-order chi connectivity index (χ0) is 25.3. The molecule has 1 aromatic carbocycles. The second kappa shape index (κ2) is 12.8. The first-order valence-corrected chi connectivity index (χ1v) is 12.7. The smallest absolute Gasteiger partial charge is 0.411 e. The Balaban J connectivity index is 1.93. The largest absolute Gasteiger partial charge is 0.459 e. The molecule has 2 amide bonds. The molecule has 0 aromatic heterocycles. The van der Waals surface area contributed by atoms with Gasteiger partial charge in [0.15, 0.2) is 5.78 Å². The number of carbonyl (C=O) groups excluding carboxylic acids is 4. The molecule has 0 radical (unpaired) electrons. The van der Waals surface area contributed by atoms with Crippen LogP contribution in [0.4, 0.5) is 4.79 Å². The highest BCUT2D eigenvalue weighted by atomic mass is 32.2. The van der Waals surface area contributed by atoms with Crippen molar-refractivity contribution in [2.24, 2.45) is 5.92 Å². The molecule has 0 unspecified atom stereocenters. The van der Waals surface area contributed by atoms with E-state index in [2.05, 4.69) is 5.32 Å². The van der Waals surface area contributed by atoms with Crippen LogP contribution in [0.25, 0.3) is 0 Å².